The third-order valence-electron chi connectivity index (χ3n) is 5.97. The van der Waals surface area contributed by atoms with Gasteiger partial charge in [-0.25, -0.2) is 8.42 Å². The summed E-state index contributed by atoms with van der Waals surface area (Å²) in [4.78, 5) is 15.1. The summed E-state index contributed by atoms with van der Waals surface area (Å²) in [5.41, 5.74) is 3.20. The van der Waals surface area contributed by atoms with Crippen LogP contribution >= 0.6 is 0 Å². The van der Waals surface area contributed by atoms with Crippen molar-refractivity contribution in [3.05, 3.63) is 95.6 Å². The number of benzene rings is 3. The van der Waals surface area contributed by atoms with Crippen LogP contribution < -0.4 is 4.31 Å². The average molecular weight is 504 g/mol. The smallest absolute Gasteiger partial charge is 0.264 e. The lowest BCUT2D eigenvalue weighted by molar-refractivity contribution is -0.130. The van der Waals surface area contributed by atoms with Gasteiger partial charge in [-0.2, -0.15) is 5.26 Å². The van der Waals surface area contributed by atoms with Gasteiger partial charge in [0, 0.05) is 13.1 Å². The first-order chi connectivity index (χ1) is 17.0. The Balaban J connectivity index is 1.97. The fourth-order valence-corrected chi connectivity index (χ4v) is 5.20. The van der Waals surface area contributed by atoms with Crippen molar-refractivity contribution in [2.24, 2.45) is 0 Å². The van der Waals surface area contributed by atoms with Gasteiger partial charge in [0.15, 0.2) is 0 Å². The predicted molar refractivity (Wildman–Crippen MR) is 143 cm³/mol. The van der Waals surface area contributed by atoms with Gasteiger partial charge in [0.25, 0.3) is 10.0 Å². The van der Waals surface area contributed by atoms with E-state index < -0.39 is 10.0 Å². The van der Waals surface area contributed by atoms with Crippen LogP contribution in [-0.4, -0.2) is 32.3 Å². The van der Waals surface area contributed by atoms with Gasteiger partial charge >= 0.3 is 0 Å². The number of carbonyl (C=O) groups is 1. The number of carbonyl (C=O) groups excluding carboxylic acids is 1. The Bertz CT molecular complexity index is 1310. The van der Waals surface area contributed by atoms with Gasteiger partial charge < -0.3 is 4.90 Å². The highest BCUT2D eigenvalue weighted by atomic mass is 32.2. The number of amides is 1. The minimum Gasteiger partial charge on any atom is -0.336 e. The molecule has 0 aliphatic carbocycles. The van der Waals surface area contributed by atoms with E-state index in [1.54, 1.807) is 24.3 Å². The van der Waals surface area contributed by atoms with Crippen LogP contribution in [-0.2, 0) is 26.8 Å². The van der Waals surface area contributed by atoms with E-state index >= 15 is 0 Å². The molecule has 0 unspecified atom stereocenters. The maximum atomic E-state index is 13.8. The summed E-state index contributed by atoms with van der Waals surface area (Å²) in [6, 6.07) is 25.4. The summed E-state index contributed by atoms with van der Waals surface area (Å²) in [6.07, 6.45) is 0.157. The molecule has 0 aliphatic rings. The molecule has 0 saturated carbocycles. The highest BCUT2D eigenvalue weighted by Crippen LogP contribution is 2.28. The zero-order valence-electron chi connectivity index (χ0n) is 21.3. The molecule has 0 N–H and O–H groups in total. The summed E-state index contributed by atoms with van der Waals surface area (Å²) < 4.78 is 28.8. The molecule has 0 radical (unpaired) electrons. The van der Waals surface area contributed by atoms with Crippen LogP contribution in [0.4, 0.5) is 5.69 Å². The molecule has 0 atom stereocenters. The van der Waals surface area contributed by atoms with Gasteiger partial charge in [-0.3, -0.25) is 9.10 Å². The van der Waals surface area contributed by atoms with E-state index in [4.69, 9.17) is 5.26 Å². The van der Waals surface area contributed by atoms with Crippen LogP contribution in [0.25, 0.3) is 0 Å². The lowest BCUT2D eigenvalue weighted by Crippen LogP contribution is -2.43. The maximum absolute atomic E-state index is 13.8. The van der Waals surface area contributed by atoms with E-state index in [9.17, 15) is 13.2 Å². The first-order valence-electron chi connectivity index (χ1n) is 11.9. The summed E-state index contributed by atoms with van der Waals surface area (Å²) in [5, 5.41) is 9.11. The third-order valence-corrected chi connectivity index (χ3v) is 7.76. The van der Waals surface area contributed by atoms with E-state index in [0.29, 0.717) is 12.2 Å². The van der Waals surface area contributed by atoms with E-state index in [-0.39, 0.29) is 35.7 Å². The van der Waals surface area contributed by atoms with Gasteiger partial charge in [-0.05, 0) is 47.7 Å². The zero-order chi connectivity index (χ0) is 26.3. The lowest BCUT2D eigenvalue weighted by atomic mass is 9.87. The van der Waals surface area contributed by atoms with Gasteiger partial charge in [0.05, 0.1) is 23.1 Å². The van der Waals surface area contributed by atoms with Crippen molar-refractivity contribution in [3.63, 3.8) is 0 Å². The van der Waals surface area contributed by atoms with Crippen molar-refractivity contribution >= 4 is 21.6 Å². The molecule has 188 valence electrons. The molecule has 36 heavy (non-hydrogen) atoms. The predicted octanol–water partition coefficient (Wildman–Crippen LogP) is 5.43. The first-order valence-corrected chi connectivity index (χ1v) is 13.3. The molecule has 3 rings (SSSR count). The molecule has 0 fully saturated rings. The van der Waals surface area contributed by atoms with Gasteiger partial charge in [0.2, 0.25) is 5.91 Å². The minimum atomic E-state index is -4.03. The highest BCUT2D eigenvalue weighted by Gasteiger charge is 2.29. The Morgan fingerprint density at radius 3 is 2.08 bits per heavy atom. The third kappa shape index (κ3) is 6.73. The van der Waals surface area contributed by atoms with Crippen molar-refractivity contribution in [1.29, 1.82) is 5.26 Å². The second kappa shape index (κ2) is 11.4. The van der Waals surface area contributed by atoms with Crippen LogP contribution in [0, 0.1) is 18.3 Å². The lowest BCUT2D eigenvalue weighted by Gasteiger charge is -2.28. The Morgan fingerprint density at radius 1 is 0.917 bits per heavy atom. The summed E-state index contributed by atoms with van der Waals surface area (Å²) in [5.74, 6) is -0.371. The summed E-state index contributed by atoms with van der Waals surface area (Å²) >= 11 is 0. The Hall–Kier alpha value is -3.63. The topological polar surface area (TPSA) is 81.5 Å². The molecule has 0 heterocycles. The number of aryl methyl sites for hydroxylation is 1. The first kappa shape index (κ1) is 27.0. The standard InChI is InChI=1S/C29H33N3O3S/c1-23-11-15-26(16-12-23)32(36(34,35)27-17-13-25(14-18-27)29(2,3)4)22-28(33)31(20-8-19-30)21-24-9-6-5-7-10-24/h5-7,9-18H,8,20-22H2,1-4H3. The monoisotopic (exact) mass is 503 g/mol. The molecule has 0 aliphatic heterocycles. The van der Waals surface area contributed by atoms with Gasteiger partial charge in [-0.15, -0.1) is 0 Å². The molecular formula is C29H33N3O3S. The summed E-state index contributed by atoms with van der Waals surface area (Å²) in [6.45, 7) is 8.26. The van der Waals surface area contributed by atoms with Crippen molar-refractivity contribution < 1.29 is 13.2 Å². The molecule has 3 aromatic carbocycles. The van der Waals surface area contributed by atoms with Crippen molar-refractivity contribution in [1.82, 2.24) is 4.90 Å². The van der Waals surface area contributed by atoms with Crippen molar-refractivity contribution in [2.75, 3.05) is 17.4 Å². The van der Waals surface area contributed by atoms with Crippen LogP contribution in [0.2, 0.25) is 0 Å². The zero-order valence-corrected chi connectivity index (χ0v) is 22.1. The molecular weight excluding hydrogens is 470 g/mol. The Kier molecular flexibility index (Phi) is 8.54. The molecule has 3 aromatic rings. The molecule has 0 spiro atoms. The number of hydrogen-bond donors (Lipinski definition) is 0. The molecule has 0 saturated heterocycles. The largest absolute Gasteiger partial charge is 0.336 e. The maximum Gasteiger partial charge on any atom is 0.264 e. The summed E-state index contributed by atoms with van der Waals surface area (Å²) in [7, 11) is -4.03. The highest BCUT2D eigenvalue weighted by molar-refractivity contribution is 7.92. The van der Waals surface area contributed by atoms with Crippen LogP contribution in [0.1, 0.15) is 43.9 Å². The fourth-order valence-electron chi connectivity index (χ4n) is 3.78. The number of rotatable bonds is 9. The van der Waals surface area contributed by atoms with E-state index in [1.165, 1.54) is 4.90 Å². The molecule has 1 amide bonds. The quantitative estimate of drug-likeness (QED) is 0.390. The number of sulfonamides is 1. The number of nitriles is 1. The normalized spacial score (nSPS) is 11.5. The van der Waals surface area contributed by atoms with Gasteiger partial charge in [0.1, 0.15) is 6.54 Å². The molecule has 0 aromatic heterocycles. The second-order valence-corrected chi connectivity index (χ2v) is 11.7. The van der Waals surface area contributed by atoms with E-state index in [1.807, 2.05) is 61.5 Å². The van der Waals surface area contributed by atoms with Crippen LogP contribution in [0.15, 0.2) is 83.8 Å². The van der Waals surface area contributed by atoms with Crippen LogP contribution in [0.5, 0.6) is 0 Å². The number of hydrogen-bond acceptors (Lipinski definition) is 4. The van der Waals surface area contributed by atoms with E-state index in [2.05, 4.69) is 26.8 Å². The minimum absolute atomic E-state index is 0.117. The number of nitrogens with zero attached hydrogens (tertiary/aromatic N) is 3. The van der Waals surface area contributed by atoms with Gasteiger partial charge in [-0.1, -0.05) is 80.9 Å². The van der Waals surface area contributed by atoms with Crippen molar-refractivity contribution in [3.8, 4) is 6.07 Å². The Labute approximate surface area is 214 Å². The molecule has 6 nitrogen and oxygen atoms in total. The average Bonchev–Trinajstić information content (AvgIpc) is 2.85. The van der Waals surface area contributed by atoms with Crippen molar-refractivity contribution in [2.45, 2.75) is 51.0 Å². The molecule has 7 heteroatoms. The second-order valence-electron chi connectivity index (χ2n) is 9.83. The van der Waals surface area contributed by atoms with Crippen LogP contribution in [0.3, 0.4) is 0 Å². The molecule has 0 bridgehead atoms. The SMILES string of the molecule is Cc1ccc(N(CC(=O)N(CCC#N)Cc2ccccc2)S(=O)(=O)c2ccc(C(C)(C)C)cc2)cc1. The Morgan fingerprint density at radius 2 is 1.53 bits per heavy atom. The number of anilines is 1. The van der Waals surface area contributed by atoms with E-state index in [0.717, 1.165) is 21.0 Å². The fraction of sp³-hybridized carbons (Fsp3) is 0.310.